The summed E-state index contributed by atoms with van der Waals surface area (Å²) >= 11 is 0. The van der Waals surface area contributed by atoms with E-state index in [9.17, 15) is 22.0 Å². The molecule has 1 heterocycles. The zero-order valence-electron chi connectivity index (χ0n) is 18.7. The first kappa shape index (κ1) is 25.2. The minimum atomic E-state index is -3.39. The molecule has 2 aromatic carbocycles. The van der Waals surface area contributed by atoms with Gasteiger partial charge in [-0.2, -0.15) is 13.9 Å². The molecule has 0 bridgehead atoms. The predicted octanol–water partition coefficient (Wildman–Crippen LogP) is 3.50. The highest BCUT2D eigenvalue weighted by molar-refractivity contribution is 7.92. The number of rotatable bonds is 9. The molecule has 1 unspecified atom stereocenters. The molecular weight excluding hydrogens is 470 g/mol. The molecule has 3 rings (SSSR count). The van der Waals surface area contributed by atoms with Gasteiger partial charge in [-0.1, -0.05) is 0 Å². The highest BCUT2D eigenvalue weighted by Gasteiger charge is 2.28. The zero-order chi connectivity index (χ0) is 24.7. The van der Waals surface area contributed by atoms with Crippen molar-refractivity contribution in [2.45, 2.75) is 31.9 Å². The van der Waals surface area contributed by atoms with Crippen molar-refractivity contribution in [1.82, 2.24) is 5.01 Å². The van der Waals surface area contributed by atoms with Crippen molar-refractivity contribution in [3.05, 3.63) is 48.0 Å². The molecule has 2 N–H and O–H groups in total. The number of ether oxygens (including phenoxy) is 2. The van der Waals surface area contributed by atoms with Gasteiger partial charge in [0.15, 0.2) is 11.5 Å². The fourth-order valence-electron chi connectivity index (χ4n) is 3.48. The number of methoxy groups -OCH3 is 1. The Bertz CT molecular complexity index is 1130. The van der Waals surface area contributed by atoms with Crippen LogP contribution in [0.5, 0.6) is 11.5 Å². The summed E-state index contributed by atoms with van der Waals surface area (Å²) in [4.78, 5) is 12.9. The van der Waals surface area contributed by atoms with E-state index in [-0.39, 0.29) is 17.4 Å². The van der Waals surface area contributed by atoms with E-state index in [0.29, 0.717) is 29.9 Å². The van der Waals surface area contributed by atoms with E-state index >= 15 is 0 Å². The van der Waals surface area contributed by atoms with Crippen LogP contribution in [0.4, 0.5) is 20.2 Å². The lowest BCUT2D eigenvalue weighted by molar-refractivity contribution is -0.122. The molecule has 0 spiro atoms. The van der Waals surface area contributed by atoms with Gasteiger partial charge in [0.1, 0.15) is 6.04 Å². The highest BCUT2D eigenvalue weighted by Crippen LogP contribution is 2.29. The molecule has 1 atom stereocenters. The van der Waals surface area contributed by atoms with Crippen LogP contribution in [0.3, 0.4) is 0 Å². The van der Waals surface area contributed by atoms with Crippen molar-refractivity contribution in [2.75, 3.05) is 29.9 Å². The number of piperidine rings is 1. The second-order valence-electron chi connectivity index (χ2n) is 7.65. The molecule has 1 aliphatic rings. The Morgan fingerprint density at radius 1 is 1.15 bits per heavy atom. The number of sulfonamides is 1. The summed E-state index contributed by atoms with van der Waals surface area (Å²) in [5.74, 6) is -0.189. The Hall–Kier alpha value is -3.41. The van der Waals surface area contributed by atoms with Crippen molar-refractivity contribution >= 4 is 33.5 Å². The summed E-state index contributed by atoms with van der Waals surface area (Å²) in [5, 5.41) is 8.90. The first-order valence-corrected chi connectivity index (χ1v) is 12.4. The third kappa shape index (κ3) is 7.30. The van der Waals surface area contributed by atoms with Crippen molar-refractivity contribution in [1.29, 1.82) is 0 Å². The number of hydrogen-bond donors (Lipinski definition) is 2. The number of benzene rings is 2. The van der Waals surface area contributed by atoms with Crippen LogP contribution >= 0.6 is 0 Å². The van der Waals surface area contributed by atoms with E-state index < -0.39 is 22.7 Å². The van der Waals surface area contributed by atoms with Crippen molar-refractivity contribution in [3.8, 4) is 11.5 Å². The lowest BCUT2D eigenvalue weighted by Crippen LogP contribution is -2.44. The number of nitrogens with zero attached hydrogens (tertiary/aromatic N) is 2. The van der Waals surface area contributed by atoms with Crippen LogP contribution < -0.4 is 19.5 Å². The molecule has 34 heavy (non-hydrogen) atoms. The van der Waals surface area contributed by atoms with Gasteiger partial charge >= 0.3 is 6.61 Å². The first-order chi connectivity index (χ1) is 16.1. The summed E-state index contributed by atoms with van der Waals surface area (Å²) in [5.41, 5.74) is 1.41. The number of carbonyl (C=O) groups is 1. The van der Waals surface area contributed by atoms with Crippen LogP contribution in [0.15, 0.2) is 47.6 Å². The second-order valence-corrected chi connectivity index (χ2v) is 9.40. The molecule has 1 saturated heterocycles. The van der Waals surface area contributed by atoms with Crippen LogP contribution in [-0.4, -0.2) is 58.1 Å². The van der Waals surface area contributed by atoms with Gasteiger partial charge in [-0.25, -0.2) is 8.42 Å². The maximum Gasteiger partial charge on any atom is 0.387 e. The van der Waals surface area contributed by atoms with Crippen molar-refractivity contribution in [2.24, 2.45) is 5.10 Å². The minimum Gasteiger partial charge on any atom is -0.493 e. The lowest BCUT2D eigenvalue weighted by atomic mass is 10.0. The van der Waals surface area contributed by atoms with Crippen LogP contribution in [0, 0.1) is 0 Å². The van der Waals surface area contributed by atoms with E-state index in [2.05, 4.69) is 19.9 Å². The maximum atomic E-state index is 12.9. The number of hydrogen-bond acceptors (Lipinski definition) is 7. The van der Waals surface area contributed by atoms with Crippen LogP contribution in [0.2, 0.25) is 0 Å². The minimum absolute atomic E-state index is 0.108. The van der Waals surface area contributed by atoms with Gasteiger partial charge in [-0.15, -0.1) is 0 Å². The fraction of sp³-hybridized carbons (Fsp3) is 0.364. The Morgan fingerprint density at radius 2 is 1.85 bits per heavy atom. The summed E-state index contributed by atoms with van der Waals surface area (Å²) in [6.07, 6.45) is 4.85. The highest BCUT2D eigenvalue weighted by atomic mass is 32.2. The molecule has 0 aromatic heterocycles. The summed E-state index contributed by atoms with van der Waals surface area (Å²) in [7, 11) is -2.04. The van der Waals surface area contributed by atoms with Crippen LogP contribution in [0.1, 0.15) is 24.8 Å². The van der Waals surface area contributed by atoms with E-state index in [4.69, 9.17) is 4.74 Å². The largest absolute Gasteiger partial charge is 0.493 e. The standard InChI is InChI=1S/C22H26F2N4O5S/c1-32-19-11-6-15(13-20(19)33-22(23)24)14-25-28-12-4-3-5-18(28)21(29)26-16-7-9-17(10-8-16)27-34(2,30)31/h6-11,13-14,18,22,27H,3-5,12H2,1-2H3,(H,26,29)/b25-14+. The molecule has 0 aliphatic carbocycles. The number of anilines is 2. The predicted molar refractivity (Wildman–Crippen MR) is 125 cm³/mol. The quantitative estimate of drug-likeness (QED) is 0.515. The van der Waals surface area contributed by atoms with Gasteiger partial charge in [0.2, 0.25) is 15.9 Å². The zero-order valence-corrected chi connectivity index (χ0v) is 19.5. The number of hydrazone groups is 1. The van der Waals surface area contributed by atoms with Gasteiger partial charge in [0, 0.05) is 17.9 Å². The summed E-state index contributed by atoms with van der Waals surface area (Å²) in [6.45, 7) is -2.44. The molecule has 9 nitrogen and oxygen atoms in total. The molecule has 0 radical (unpaired) electrons. The number of alkyl halides is 2. The molecule has 1 fully saturated rings. The van der Waals surface area contributed by atoms with Crippen molar-refractivity contribution < 1.29 is 31.5 Å². The average Bonchev–Trinajstić information content (AvgIpc) is 2.78. The lowest BCUT2D eigenvalue weighted by Gasteiger charge is -2.32. The Labute approximate surface area is 196 Å². The third-order valence-electron chi connectivity index (χ3n) is 4.99. The summed E-state index contributed by atoms with van der Waals surface area (Å²) in [6, 6.07) is 10.3. The van der Waals surface area contributed by atoms with Crippen LogP contribution in [0.25, 0.3) is 0 Å². The fourth-order valence-corrected chi connectivity index (χ4v) is 4.05. The molecule has 1 amide bonds. The third-order valence-corrected chi connectivity index (χ3v) is 5.60. The summed E-state index contributed by atoms with van der Waals surface area (Å²) < 4.78 is 59.9. The molecule has 12 heteroatoms. The Kier molecular flexibility index (Phi) is 8.26. The normalized spacial score (nSPS) is 16.5. The second kappa shape index (κ2) is 11.1. The molecule has 1 aliphatic heterocycles. The number of amides is 1. The number of carbonyl (C=O) groups excluding carboxylic acids is 1. The number of nitrogens with one attached hydrogen (secondary N) is 2. The topological polar surface area (TPSA) is 109 Å². The monoisotopic (exact) mass is 496 g/mol. The van der Waals surface area contributed by atoms with E-state index in [1.54, 1.807) is 35.3 Å². The molecular formula is C22H26F2N4O5S. The Morgan fingerprint density at radius 3 is 2.50 bits per heavy atom. The van der Waals surface area contributed by atoms with Gasteiger partial charge in [-0.3, -0.25) is 14.5 Å². The van der Waals surface area contributed by atoms with E-state index in [0.717, 1.165) is 19.1 Å². The average molecular weight is 497 g/mol. The first-order valence-electron chi connectivity index (χ1n) is 10.5. The molecule has 0 saturated carbocycles. The molecule has 184 valence electrons. The van der Waals surface area contributed by atoms with E-state index in [1.807, 2.05) is 0 Å². The van der Waals surface area contributed by atoms with Crippen LogP contribution in [-0.2, 0) is 14.8 Å². The van der Waals surface area contributed by atoms with Gasteiger partial charge in [0.25, 0.3) is 0 Å². The van der Waals surface area contributed by atoms with E-state index in [1.165, 1.54) is 25.5 Å². The molecule has 2 aromatic rings. The van der Waals surface area contributed by atoms with Gasteiger partial charge in [-0.05, 0) is 67.3 Å². The maximum absolute atomic E-state index is 12.9. The van der Waals surface area contributed by atoms with Gasteiger partial charge in [0.05, 0.1) is 19.6 Å². The Balaban J connectivity index is 1.69. The van der Waals surface area contributed by atoms with Gasteiger partial charge < -0.3 is 14.8 Å². The SMILES string of the molecule is COc1ccc(/C=N/N2CCCCC2C(=O)Nc2ccc(NS(C)(=O)=O)cc2)cc1OC(F)F. The van der Waals surface area contributed by atoms with Crippen molar-refractivity contribution in [3.63, 3.8) is 0 Å². The smallest absolute Gasteiger partial charge is 0.387 e. The number of halogens is 2.